The number of halogens is 2. The molecular weight excluding hydrogens is 277 g/mol. The van der Waals surface area contributed by atoms with Crippen molar-refractivity contribution in [2.75, 3.05) is 0 Å². The van der Waals surface area contributed by atoms with E-state index in [9.17, 15) is 0 Å². The number of hydrogen-bond acceptors (Lipinski definition) is 1. The molecule has 1 rings (SSSR count). The minimum atomic E-state index is -0.137. The molecule has 0 aliphatic heterocycles. The second-order valence-corrected chi connectivity index (χ2v) is 6.80. The molecule has 1 aliphatic carbocycles. The molecule has 1 aliphatic rings. The van der Waals surface area contributed by atoms with Gasteiger partial charge in [0.15, 0.2) is 0 Å². The number of rotatable bonds is 2. The summed E-state index contributed by atoms with van der Waals surface area (Å²) in [5, 5.41) is 0. The molecule has 1 N–H and O–H groups in total. The Balaban J connectivity index is 0. The van der Waals surface area contributed by atoms with Crippen molar-refractivity contribution in [1.29, 1.82) is 0 Å². The number of hydrogen-bond donors (Lipinski definition) is 1. The first kappa shape index (κ1) is 19.1. The van der Waals surface area contributed by atoms with Crippen LogP contribution in [0.15, 0.2) is 21.1 Å². The third-order valence-corrected chi connectivity index (χ3v) is 5.61. The smallest absolute Gasteiger partial charge is 0.147 e. The van der Waals surface area contributed by atoms with Crippen molar-refractivity contribution in [2.45, 2.75) is 47.1 Å². The summed E-state index contributed by atoms with van der Waals surface area (Å²) >= 11 is -0.137. The van der Waals surface area contributed by atoms with Gasteiger partial charge in [-0.15, -0.1) is 24.8 Å². The number of nitrogens with one attached hydrogen (secondary N) is 1. The summed E-state index contributed by atoms with van der Waals surface area (Å²) < 4.78 is 5.36. The number of allylic oxidation sites excluding steroid dienone is 4. The molecule has 1 atom stereocenters. The topological polar surface area (TPSA) is 12.0 Å². The van der Waals surface area contributed by atoms with E-state index in [4.69, 9.17) is 0 Å². The van der Waals surface area contributed by atoms with Crippen LogP contribution in [0.3, 0.4) is 0 Å². The Morgan fingerprint density at radius 3 is 2.00 bits per heavy atom. The summed E-state index contributed by atoms with van der Waals surface area (Å²) in [4.78, 5) is 0. The van der Waals surface area contributed by atoms with E-state index in [2.05, 4.69) is 51.4 Å². The van der Waals surface area contributed by atoms with E-state index in [0.29, 0.717) is 5.92 Å². The monoisotopic (exact) mass is 299 g/mol. The second kappa shape index (κ2) is 7.23. The van der Waals surface area contributed by atoms with Crippen LogP contribution in [-0.2, 0) is 19.4 Å². The van der Waals surface area contributed by atoms with E-state index in [1.54, 1.807) is 3.88 Å². The van der Waals surface area contributed by atoms with Gasteiger partial charge in [0, 0.05) is 0 Å². The summed E-state index contributed by atoms with van der Waals surface area (Å²) in [5.41, 5.74) is 3.28. The largest absolute Gasteiger partial charge is 0.147 e. The predicted molar refractivity (Wildman–Crippen MR) is 73.0 cm³/mol. The fraction of sp³-hybridized carbons (Fsp3) is 0.667. The van der Waals surface area contributed by atoms with E-state index in [-0.39, 0.29) is 49.8 Å². The molecule has 0 fully saturated rings. The molecule has 94 valence electrons. The zero-order valence-corrected chi connectivity index (χ0v) is 14.2. The fourth-order valence-electron chi connectivity index (χ4n) is 1.60. The van der Waals surface area contributed by atoms with Gasteiger partial charge in [-0.3, -0.25) is 0 Å². The first-order valence-electron chi connectivity index (χ1n) is 5.24. The molecule has 0 spiro atoms. The van der Waals surface area contributed by atoms with E-state index < -0.39 is 0 Å². The van der Waals surface area contributed by atoms with Gasteiger partial charge in [0.25, 0.3) is 0 Å². The summed E-state index contributed by atoms with van der Waals surface area (Å²) in [7, 11) is 0. The molecule has 1 nitrogen and oxygen atoms in total. The van der Waals surface area contributed by atoms with Crippen LogP contribution in [0.5, 0.6) is 0 Å². The molecule has 0 radical (unpaired) electrons. The minimum absolute atomic E-state index is 0. The van der Waals surface area contributed by atoms with Gasteiger partial charge >= 0.3 is 97.3 Å². The zero-order valence-electron chi connectivity index (χ0n) is 11.0. The molecule has 0 heterocycles. The van der Waals surface area contributed by atoms with Crippen LogP contribution < -0.4 is 3.80 Å². The van der Waals surface area contributed by atoms with E-state index in [1.165, 1.54) is 11.1 Å². The standard InChI is InChI=1S/C8H11.C4H10N.2ClH.Ti/c1-6-4-7(2)8(3)5-6;1-4(2,3)5;;;/h4,6H,1-3H3;5H,1-3H3;2*1H;/q;-1;;;+1. The van der Waals surface area contributed by atoms with Crippen LogP contribution in [0.4, 0.5) is 0 Å². The Morgan fingerprint density at radius 1 is 1.19 bits per heavy atom. The average molecular weight is 300 g/mol. The van der Waals surface area contributed by atoms with Crippen LogP contribution in [0, 0.1) is 5.92 Å². The van der Waals surface area contributed by atoms with Gasteiger partial charge in [0.1, 0.15) is 0 Å². The summed E-state index contributed by atoms with van der Waals surface area (Å²) in [5.74, 6) is 0.671. The molecule has 0 aromatic carbocycles. The first-order valence-corrected chi connectivity index (χ1v) is 6.80. The van der Waals surface area contributed by atoms with Crippen LogP contribution in [0.25, 0.3) is 0 Å². The molecule has 0 aromatic rings. The second-order valence-electron chi connectivity index (χ2n) is 5.18. The summed E-state index contributed by atoms with van der Waals surface area (Å²) in [6.45, 7) is 13.5. The predicted octanol–water partition coefficient (Wildman–Crippen LogP) is 4.09. The van der Waals surface area contributed by atoms with Crippen LogP contribution in [0.1, 0.15) is 41.5 Å². The van der Waals surface area contributed by atoms with Gasteiger partial charge in [-0.2, -0.15) is 0 Å². The van der Waals surface area contributed by atoms with Crippen molar-refractivity contribution in [2.24, 2.45) is 5.92 Å². The van der Waals surface area contributed by atoms with Crippen LogP contribution in [0.2, 0.25) is 0 Å². The van der Waals surface area contributed by atoms with Gasteiger partial charge in [-0.1, -0.05) is 0 Å². The van der Waals surface area contributed by atoms with Crippen molar-refractivity contribution >= 4 is 24.8 Å². The molecule has 0 amide bonds. The van der Waals surface area contributed by atoms with Gasteiger partial charge < -0.3 is 0 Å². The molecule has 0 saturated carbocycles. The zero-order chi connectivity index (χ0) is 10.9. The van der Waals surface area contributed by atoms with Crippen molar-refractivity contribution < 1.29 is 19.4 Å². The quantitative estimate of drug-likeness (QED) is 0.758. The first-order chi connectivity index (χ1) is 6.31. The minimum Gasteiger partial charge on any atom is -0.147 e. The maximum atomic E-state index is 3.68. The maximum Gasteiger partial charge on any atom is -0.147 e. The van der Waals surface area contributed by atoms with Gasteiger partial charge in [0.2, 0.25) is 0 Å². The summed E-state index contributed by atoms with van der Waals surface area (Å²) in [6, 6.07) is 0. The van der Waals surface area contributed by atoms with Crippen LogP contribution in [-0.4, -0.2) is 5.54 Å². The fourth-order valence-corrected chi connectivity index (χ4v) is 3.48. The van der Waals surface area contributed by atoms with Gasteiger partial charge in [-0.25, -0.2) is 0 Å². The third-order valence-electron chi connectivity index (χ3n) is 2.52. The van der Waals surface area contributed by atoms with Crippen molar-refractivity contribution in [3.8, 4) is 0 Å². The Labute approximate surface area is 122 Å². The summed E-state index contributed by atoms with van der Waals surface area (Å²) in [6.07, 6.45) is 2.39. The average Bonchev–Trinajstić information content (AvgIpc) is 2.23. The van der Waals surface area contributed by atoms with Crippen LogP contribution >= 0.6 is 24.8 Å². The van der Waals surface area contributed by atoms with E-state index in [0.717, 1.165) is 0 Å². The maximum absolute atomic E-state index is 3.68. The van der Waals surface area contributed by atoms with Crippen molar-refractivity contribution in [3.63, 3.8) is 0 Å². The van der Waals surface area contributed by atoms with Crippen molar-refractivity contribution in [3.05, 3.63) is 21.1 Å². The molecule has 16 heavy (non-hydrogen) atoms. The Hall–Kier alpha value is 0.734. The van der Waals surface area contributed by atoms with Crippen molar-refractivity contribution in [1.82, 2.24) is 3.80 Å². The molecule has 0 aromatic heterocycles. The molecule has 0 bridgehead atoms. The van der Waals surface area contributed by atoms with Gasteiger partial charge in [0.05, 0.1) is 0 Å². The molecule has 0 saturated heterocycles. The Bertz CT molecular complexity index is 290. The molecule has 4 heteroatoms. The van der Waals surface area contributed by atoms with E-state index >= 15 is 0 Å². The Morgan fingerprint density at radius 2 is 1.69 bits per heavy atom. The molecular formula is C12H23Cl2NTi. The normalized spacial score (nSPS) is 19.9. The Kier molecular flexibility index (Phi) is 8.62. The molecule has 1 unspecified atom stereocenters. The SMILES string of the molecule is CC1=CC(C)[C]([Ti][NH]C(C)(C)C)=C1C.Cl.Cl. The third kappa shape index (κ3) is 5.38. The van der Waals surface area contributed by atoms with E-state index in [1.807, 2.05) is 0 Å². The van der Waals surface area contributed by atoms with Gasteiger partial charge in [-0.05, 0) is 0 Å².